The van der Waals surface area contributed by atoms with Crippen LogP contribution in [0.15, 0.2) is 18.2 Å². The minimum atomic E-state index is -1.33. The Labute approximate surface area is 118 Å². The molecule has 6 heteroatoms. The molecule has 1 unspecified atom stereocenters. The molecule has 1 atom stereocenters. The standard InChI is InChI=1S/C13H13BrO5/c1-3-19-13(18)9-6-4-5-8(10(9)12(16)17)11(15)7(2)14/h4-7H,3H2,1-2H3,(H,16,17). The highest BCUT2D eigenvalue weighted by molar-refractivity contribution is 9.10. The number of hydrogen-bond acceptors (Lipinski definition) is 4. The van der Waals surface area contributed by atoms with Crippen LogP contribution in [0.2, 0.25) is 0 Å². The van der Waals surface area contributed by atoms with Crippen LogP contribution in [0.4, 0.5) is 0 Å². The average molecular weight is 329 g/mol. The first-order valence-electron chi connectivity index (χ1n) is 5.61. The number of esters is 1. The maximum atomic E-state index is 11.9. The maximum absolute atomic E-state index is 11.9. The Balaban J connectivity index is 3.42. The van der Waals surface area contributed by atoms with Crippen LogP contribution in [-0.2, 0) is 4.74 Å². The lowest BCUT2D eigenvalue weighted by atomic mass is 9.97. The molecule has 0 saturated carbocycles. The first kappa shape index (κ1) is 15.4. The molecule has 0 amide bonds. The summed E-state index contributed by atoms with van der Waals surface area (Å²) >= 11 is 3.09. The highest BCUT2D eigenvalue weighted by atomic mass is 79.9. The number of ether oxygens (including phenoxy) is 1. The highest BCUT2D eigenvalue weighted by Gasteiger charge is 2.26. The smallest absolute Gasteiger partial charge is 0.339 e. The number of carbonyl (C=O) groups is 3. The van der Waals surface area contributed by atoms with Crippen molar-refractivity contribution in [2.75, 3.05) is 6.61 Å². The van der Waals surface area contributed by atoms with Gasteiger partial charge in [-0.05, 0) is 19.9 Å². The lowest BCUT2D eigenvalue weighted by Crippen LogP contribution is -2.19. The van der Waals surface area contributed by atoms with Crippen molar-refractivity contribution in [2.45, 2.75) is 18.7 Å². The van der Waals surface area contributed by atoms with E-state index >= 15 is 0 Å². The molecule has 0 aromatic heterocycles. The van der Waals surface area contributed by atoms with Gasteiger partial charge >= 0.3 is 11.9 Å². The molecule has 1 aromatic rings. The summed E-state index contributed by atoms with van der Waals surface area (Å²) in [5, 5.41) is 9.22. The van der Waals surface area contributed by atoms with Gasteiger partial charge in [0.05, 0.1) is 22.6 Å². The van der Waals surface area contributed by atoms with Crippen LogP contribution in [0.25, 0.3) is 0 Å². The van der Waals surface area contributed by atoms with Gasteiger partial charge in [-0.3, -0.25) is 4.79 Å². The molecule has 0 aliphatic heterocycles. The lowest BCUT2D eigenvalue weighted by Gasteiger charge is -2.11. The summed E-state index contributed by atoms with van der Waals surface area (Å²) in [4.78, 5) is 34.4. The number of benzene rings is 1. The second kappa shape index (κ2) is 6.47. The Morgan fingerprint density at radius 2 is 1.89 bits per heavy atom. The number of carbonyl (C=O) groups excluding carboxylic acids is 2. The molecular weight excluding hydrogens is 316 g/mol. The molecule has 1 aromatic carbocycles. The van der Waals surface area contributed by atoms with E-state index in [2.05, 4.69) is 15.9 Å². The van der Waals surface area contributed by atoms with Gasteiger partial charge in [0.1, 0.15) is 0 Å². The number of carboxylic acids is 1. The summed E-state index contributed by atoms with van der Waals surface area (Å²) in [6.45, 7) is 3.34. The quantitative estimate of drug-likeness (QED) is 0.510. The first-order valence-corrected chi connectivity index (χ1v) is 6.53. The van der Waals surface area contributed by atoms with Crippen molar-refractivity contribution in [1.82, 2.24) is 0 Å². The number of hydrogen-bond donors (Lipinski definition) is 1. The normalized spacial score (nSPS) is 11.7. The number of carboxylic acid groups (broad SMARTS) is 1. The van der Waals surface area contributed by atoms with Gasteiger partial charge < -0.3 is 9.84 Å². The van der Waals surface area contributed by atoms with Crippen molar-refractivity contribution in [3.8, 4) is 0 Å². The van der Waals surface area contributed by atoms with E-state index in [1.54, 1.807) is 13.8 Å². The van der Waals surface area contributed by atoms with E-state index in [1.807, 2.05) is 0 Å². The van der Waals surface area contributed by atoms with Gasteiger partial charge in [-0.1, -0.05) is 28.1 Å². The molecule has 0 heterocycles. The van der Waals surface area contributed by atoms with Crippen molar-refractivity contribution in [1.29, 1.82) is 0 Å². The van der Waals surface area contributed by atoms with Crippen molar-refractivity contribution >= 4 is 33.7 Å². The van der Waals surface area contributed by atoms with Crippen LogP contribution in [-0.4, -0.2) is 34.3 Å². The van der Waals surface area contributed by atoms with Gasteiger partial charge in [-0.15, -0.1) is 0 Å². The summed E-state index contributed by atoms with van der Waals surface area (Å²) < 4.78 is 4.79. The van der Waals surface area contributed by atoms with Gasteiger partial charge in [0.15, 0.2) is 5.78 Å². The number of halogens is 1. The fourth-order valence-electron chi connectivity index (χ4n) is 1.58. The van der Waals surface area contributed by atoms with Crippen LogP contribution in [0.3, 0.4) is 0 Å². The van der Waals surface area contributed by atoms with E-state index in [4.69, 9.17) is 4.74 Å². The summed E-state index contributed by atoms with van der Waals surface area (Å²) in [5.74, 6) is -2.49. The number of alkyl halides is 1. The third-order valence-corrected chi connectivity index (χ3v) is 2.82. The molecule has 102 valence electrons. The Morgan fingerprint density at radius 1 is 1.32 bits per heavy atom. The molecule has 0 aliphatic carbocycles. The fourth-order valence-corrected chi connectivity index (χ4v) is 1.83. The van der Waals surface area contributed by atoms with Crippen LogP contribution in [0.5, 0.6) is 0 Å². The highest BCUT2D eigenvalue weighted by Crippen LogP contribution is 2.20. The van der Waals surface area contributed by atoms with Crippen LogP contribution in [0, 0.1) is 0 Å². The SMILES string of the molecule is CCOC(=O)c1cccc(C(=O)C(C)Br)c1C(=O)O. The molecule has 0 radical (unpaired) electrons. The predicted molar refractivity (Wildman–Crippen MR) is 72.1 cm³/mol. The molecule has 0 saturated heterocycles. The predicted octanol–water partition coefficient (Wildman–Crippen LogP) is 2.53. The third kappa shape index (κ3) is 3.41. The van der Waals surface area contributed by atoms with Gasteiger partial charge in [0.25, 0.3) is 0 Å². The maximum Gasteiger partial charge on any atom is 0.339 e. The largest absolute Gasteiger partial charge is 0.478 e. The zero-order valence-corrected chi connectivity index (χ0v) is 12.1. The van der Waals surface area contributed by atoms with Gasteiger partial charge in [-0.2, -0.15) is 0 Å². The molecule has 1 rings (SSSR count). The second-order valence-electron chi connectivity index (χ2n) is 3.73. The Bertz CT molecular complexity index is 522. The zero-order valence-electron chi connectivity index (χ0n) is 10.5. The topological polar surface area (TPSA) is 80.7 Å². The number of rotatable bonds is 5. The molecule has 0 spiro atoms. The molecule has 0 bridgehead atoms. The molecule has 0 aliphatic rings. The zero-order chi connectivity index (χ0) is 14.6. The Morgan fingerprint density at radius 3 is 2.37 bits per heavy atom. The van der Waals surface area contributed by atoms with Gasteiger partial charge in [-0.25, -0.2) is 9.59 Å². The number of Topliss-reactive ketones (excluding diaryl/α,β-unsaturated/α-hetero) is 1. The Hall–Kier alpha value is -1.69. The first-order chi connectivity index (χ1) is 8.90. The van der Waals surface area contributed by atoms with Crippen molar-refractivity contribution in [3.63, 3.8) is 0 Å². The summed E-state index contributed by atoms with van der Waals surface area (Å²) in [5.41, 5.74) is -0.451. The number of aromatic carboxylic acids is 1. The van der Waals surface area contributed by atoms with E-state index in [9.17, 15) is 19.5 Å². The van der Waals surface area contributed by atoms with E-state index in [1.165, 1.54) is 18.2 Å². The van der Waals surface area contributed by atoms with Crippen LogP contribution < -0.4 is 0 Å². The molecule has 5 nitrogen and oxygen atoms in total. The monoisotopic (exact) mass is 328 g/mol. The molecule has 19 heavy (non-hydrogen) atoms. The van der Waals surface area contributed by atoms with E-state index < -0.39 is 22.5 Å². The van der Waals surface area contributed by atoms with Crippen molar-refractivity contribution in [2.24, 2.45) is 0 Å². The van der Waals surface area contributed by atoms with Crippen LogP contribution in [0.1, 0.15) is 44.9 Å². The van der Waals surface area contributed by atoms with Crippen LogP contribution >= 0.6 is 15.9 Å². The van der Waals surface area contributed by atoms with Crippen molar-refractivity contribution in [3.05, 3.63) is 34.9 Å². The van der Waals surface area contributed by atoms with Crippen molar-refractivity contribution < 1.29 is 24.2 Å². The minimum Gasteiger partial charge on any atom is -0.478 e. The summed E-state index contributed by atoms with van der Waals surface area (Å²) in [7, 11) is 0. The fraction of sp³-hybridized carbons (Fsp3) is 0.308. The summed E-state index contributed by atoms with van der Waals surface area (Å²) in [6.07, 6.45) is 0. The average Bonchev–Trinajstić information content (AvgIpc) is 2.36. The number of ketones is 1. The second-order valence-corrected chi connectivity index (χ2v) is 5.11. The van der Waals surface area contributed by atoms with Gasteiger partial charge in [0.2, 0.25) is 0 Å². The van der Waals surface area contributed by atoms with Gasteiger partial charge in [0, 0.05) is 5.56 Å². The molecule has 0 fully saturated rings. The Kier molecular flexibility index (Phi) is 5.23. The van der Waals surface area contributed by atoms with E-state index in [0.717, 1.165) is 0 Å². The third-order valence-electron chi connectivity index (χ3n) is 2.40. The van der Waals surface area contributed by atoms with E-state index in [-0.39, 0.29) is 23.3 Å². The molecule has 1 N–H and O–H groups in total. The van der Waals surface area contributed by atoms with E-state index in [0.29, 0.717) is 0 Å². The lowest BCUT2D eigenvalue weighted by molar-refractivity contribution is 0.0514. The summed E-state index contributed by atoms with van der Waals surface area (Å²) in [6, 6.07) is 4.17. The molecular formula is C13H13BrO5. The minimum absolute atomic E-state index is 0.0116.